The van der Waals surface area contributed by atoms with E-state index in [4.69, 9.17) is 15.3 Å². The maximum atomic E-state index is 11.1. The second-order valence-corrected chi connectivity index (χ2v) is 7.18. The van der Waals surface area contributed by atoms with Crippen molar-refractivity contribution in [3.05, 3.63) is 53.9 Å². The zero-order chi connectivity index (χ0) is 19.0. The summed E-state index contributed by atoms with van der Waals surface area (Å²) in [6.07, 6.45) is 8.34. The van der Waals surface area contributed by atoms with Crippen LogP contribution in [-0.4, -0.2) is 55.3 Å². The predicted molar refractivity (Wildman–Crippen MR) is 109 cm³/mol. The van der Waals surface area contributed by atoms with Gasteiger partial charge in [0, 0.05) is 34.0 Å². The van der Waals surface area contributed by atoms with Gasteiger partial charge in [-0.25, -0.2) is 9.38 Å². The summed E-state index contributed by atoms with van der Waals surface area (Å²) in [6.45, 7) is 5.48. The molecule has 1 unspecified atom stereocenters. The molecule has 5 nitrogen and oxygen atoms in total. The van der Waals surface area contributed by atoms with E-state index >= 15 is 0 Å². The first kappa shape index (κ1) is 22.5. The number of aliphatic hydroxyl groups is 1. The Labute approximate surface area is 156 Å². The van der Waals surface area contributed by atoms with Crippen LogP contribution in [0.1, 0.15) is 18.9 Å². The second-order valence-electron chi connectivity index (χ2n) is 5.48. The zero-order valence-electron chi connectivity index (χ0n) is 15.3. The molecule has 1 fully saturated rings. The fourth-order valence-electron chi connectivity index (χ4n) is 2.18. The van der Waals surface area contributed by atoms with E-state index in [2.05, 4.69) is 40.3 Å². The standard InChI is InChI=1S/C17H22N2O.C2H7FNOP/c1-2-18-17(19-12-7-14-20-15-13-19)11-6-10-16-8-4-3-5-9-16;3-1-6(4)2-5/h2-6,8-11H,7,12-15H2,1H3;5H,1-2,4H2/b10-6+,17-11+,18-2-;. The smallest absolute Gasteiger partial charge is 0.128 e. The van der Waals surface area contributed by atoms with E-state index in [1.807, 2.05) is 31.3 Å². The van der Waals surface area contributed by atoms with Crippen molar-refractivity contribution in [1.82, 2.24) is 4.90 Å². The molecule has 1 aliphatic heterocycles. The molecule has 1 aromatic rings. The van der Waals surface area contributed by atoms with Crippen molar-refractivity contribution in [1.29, 1.82) is 0 Å². The number of rotatable bonds is 6. The summed E-state index contributed by atoms with van der Waals surface area (Å²) in [7, 11) is -1.19. The largest absolute Gasteiger partial charge is 0.390 e. The molecule has 0 radical (unpaired) electrons. The van der Waals surface area contributed by atoms with Crippen molar-refractivity contribution < 1.29 is 14.2 Å². The Morgan fingerprint density at radius 2 is 2.12 bits per heavy atom. The molecule has 0 spiro atoms. The Bertz CT molecular complexity index is 555. The SMILES string of the molecule is C\C=N/C(=C\C=C\c1ccccc1)N1CCCOCC1.NP(CO)CF. The molecule has 26 heavy (non-hydrogen) atoms. The lowest BCUT2D eigenvalue weighted by atomic mass is 10.2. The fourth-order valence-corrected chi connectivity index (χ4v) is 2.26. The third-order valence-electron chi connectivity index (χ3n) is 3.48. The first-order valence-corrected chi connectivity index (χ1v) is 10.4. The van der Waals surface area contributed by atoms with Crippen LogP contribution in [0.4, 0.5) is 4.39 Å². The summed E-state index contributed by atoms with van der Waals surface area (Å²) in [4.78, 5) is 6.76. The van der Waals surface area contributed by atoms with E-state index in [0.717, 1.165) is 38.5 Å². The number of halogens is 1. The highest BCUT2D eigenvalue weighted by Gasteiger charge is 2.10. The van der Waals surface area contributed by atoms with Gasteiger partial charge in [-0.2, -0.15) is 0 Å². The van der Waals surface area contributed by atoms with Gasteiger partial charge in [-0.3, -0.25) is 0 Å². The summed E-state index contributed by atoms with van der Waals surface area (Å²) in [5, 5.41) is 8.00. The van der Waals surface area contributed by atoms with Gasteiger partial charge in [0.25, 0.3) is 0 Å². The highest BCUT2D eigenvalue weighted by atomic mass is 31.1. The second kappa shape index (κ2) is 14.6. The highest BCUT2D eigenvalue weighted by Crippen LogP contribution is 2.21. The third-order valence-corrected chi connectivity index (χ3v) is 4.15. The summed E-state index contributed by atoms with van der Waals surface area (Å²) in [5.74, 6) is 1.00. The topological polar surface area (TPSA) is 71.1 Å². The molecule has 0 aromatic heterocycles. The Morgan fingerprint density at radius 3 is 2.73 bits per heavy atom. The minimum atomic E-state index is -1.19. The first-order valence-electron chi connectivity index (χ1n) is 8.62. The monoisotopic (exact) mass is 381 g/mol. The maximum absolute atomic E-state index is 11.1. The van der Waals surface area contributed by atoms with Crippen molar-refractivity contribution in [3.8, 4) is 0 Å². The normalized spacial score (nSPS) is 17.1. The lowest BCUT2D eigenvalue weighted by Crippen LogP contribution is -2.24. The molecule has 0 bridgehead atoms. The van der Waals surface area contributed by atoms with Crippen molar-refractivity contribution in [2.45, 2.75) is 13.3 Å². The van der Waals surface area contributed by atoms with Crippen LogP contribution >= 0.6 is 8.07 Å². The van der Waals surface area contributed by atoms with E-state index in [-0.39, 0.29) is 6.35 Å². The van der Waals surface area contributed by atoms with Crippen molar-refractivity contribution >= 4 is 20.4 Å². The average Bonchev–Trinajstić information content (AvgIpc) is 2.97. The number of hydrogen-bond donors (Lipinski definition) is 2. The minimum absolute atomic E-state index is 0.203. The van der Waals surface area contributed by atoms with Gasteiger partial charge in [0.2, 0.25) is 0 Å². The van der Waals surface area contributed by atoms with Crippen LogP contribution in [0.25, 0.3) is 6.08 Å². The number of nitrogens with two attached hydrogens (primary N) is 1. The molecule has 7 heteroatoms. The maximum Gasteiger partial charge on any atom is 0.128 e. The van der Waals surface area contributed by atoms with Crippen molar-refractivity contribution in [3.63, 3.8) is 0 Å². The summed E-state index contributed by atoms with van der Waals surface area (Å²) in [6, 6.07) is 10.3. The van der Waals surface area contributed by atoms with Crippen LogP contribution in [0.15, 0.2) is 53.3 Å². The molecule has 0 aliphatic carbocycles. The minimum Gasteiger partial charge on any atom is -0.390 e. The zero-order valence-corrected chi connectivity index (χ0v) is 16.2. The van der Waals surface area contributed by atoms with Crippen molar-refractivity contribution in [2.75, 3.05) is 39.1 Å². The Balaban J connectivity index is 0.000000487. The number of aliphatic hydroxyl groups excluding tert-OH is 1. The van der Waals surface area contributed by atoms with Crippen LogP contribution in [-0.2, 0) is 4.74 Å². The van der Waals surface area contributed by atoms with Crippen LogP contribution in [0, 0.1) is 0 Å². The lowest BCUT2D eigenvalue weighted by molar-refractivity contribution is 0.145. The van der Waals surface area contributed by atoms with Gasteiger partial charge >= 0.3 is 0 Å². The number of benzene rings is 1. The van der Waals surface area contributed by atoms with E-state index in [0.29, 0.717) is 0 Å². The quantitative estimate of drug-likeness (QED) is 0.449. The molecule has 1 aromatic carbocycles. The number of ether oxygens (including phenoxy) is 1. The molecule has 2 rings (SSSR count). The Morgan fingerprint density at radius 1 is 1.35 bits per heavy atom. The average molecular weight is 381 g/mol. The number of nitrogens with zero attached hydrogens (tertiary/aromatic N) is 2. The van der Waals surface area contributed by atoms with Gasteiger partial charge in [-0.05, 0) is 25.0 Å². The molecule has 1 atom stereocenters. The Hall–Kier alpha value is -1.59. The first-order chi connectivity index (χ1) is 12.7. The lowest BCUT2D eigenvalue weighted by Gasteiger charge is -2.21. The van der Waals surface area contributed by atoms with Gasteiger partial charge in [0.05, 0.1) is 13.0 Å². The van der Waals surface area contributed by atoms with Crippen LogP contribution in [0.2, 0.25) is 0 Å². The van der Waals surface area contributed by atoms with Gasteiger partial charge in [-0.1, -0.05) is 42.5 Å². The molecule has 1 saturated heterocycles. The molecule has 3 N–H and O–H groups in total. The van der Waals surface area contributed by atoms with E-state index < -0.39 is 14.5 Å². The van der Waals surface area contributed by atoms with E-state index in [1.54, 1.807) is 0 Å². The molecular formula is C19H29FN3O2P. The molecule has 1 heterocycles. The van der Waals surface area contributed by atoms with Gasteiger partial charge in [0.15, 0.2) is 0 Å². The predicted octanol–water partition coefficient (Wildman–Crippen LogP) is 3.57. The molecule has 0 saturated carbocycles. The highest BCUT2D eigenvalue weighted by molar-refractivity contribution is 7.54. The summed E-state index contributed by atoms with van der Waals surface area (Å²) >= 11 is 0. The number of hydrogen-bond acceptors (Lipinski definition) is 5. The summed E-state index contributed by atoms with van der Waals surface area (Å²) < 4.78 is 16.6. The van der Waals surface area contributed by atoms with Crippen LogP contribution in [0.5, 0.6) is 0 Å². The van der Waals surface area contributed by atoms with E-state index in [1.165, 1.54) is 5.56 Å². The van der Waals surface area contributed by atoms with E-state index in [9.17, 15) is 4.39 Å². The third kappa shape index (κ3) is 9.78. The number of alkyl halides is 1. The van der Waals surface area contributed by atoms with Crippen molar-refractivity contribution in [2.24, 2.45) is 10.5 Å². The van der Waals surface area contributed by atoms with Crippen LogP contribution < -0.4 is 5.50 Å². The van der Waals surface area contributed by atoms with Gasteiger partial charge in [-0.15, -0.1) is 0 Å². The number of aliphatic imine (C=N–C) groups is 1. The van der Waals surface area contributed by atoms with Gasteiger partial charge in [0.1, 0.15) is 12.2 Å². The summed E-state index contributed by atoms with van der Waals surface area (Å²) in [5.41, 5.74) is 6.11. The molecule has 144 valence electrons. The molecule has 1 aliphatic rings. The van der Waals surface area contributed by atoms with Gasteiger partial charge < -0.3 is 20.2 Å². The number of allylic oxidation sites excluding steroid dienone is 2. The fraction of sp³-hybridized carbons (Fsp3) is 0.421. The molecule has 0 amide bonds. The van der Waals surface area contributed by atoms with Crippen LogP contribution in [0.3, 0.4) is 0 Å². The molecular weight excluding hydrogens is 352 g/mol. The Kier molecular flexibility index (Phi) is 12.6.